The van der Waals surface area contributed by atoms with Crippen LogP contribution in [0, 0.1) is 5.41 Å². The predicted molar refractivity (Wildman–Crippen MR) is 90.4 cm³/mol. The fourth-order valence-electron chi connectivity index (χ4n) is 3.15. The molecule has 112 valence electrons. The normalized spacial score (nSPS) is 25.9. The Balaban J connectivity index is 2.25. The minimum Gasteiger partial charge on any atom is -0.329 e. The highest BCUT2D eigenvalue weighted by Crippen LogP contribution is 2.45. The fourth-order valence-corrected chi connectivity index (χ4v) is 5.21. The lowest BCUT2D eigenvalue weighted by atomic mass is 9.69. The van der Waals surface area contributed by atoms with E-state index < -0.39 is 0 Å². The summed E-state index contributed by atoms with van der Waals surface area (Å²) in [5.41, 5.74) is 7.66. The Morgan fingerprint density at radius 3 is 2.65 bits per heavy atom. The third kappa shape index (κ3) is 2.87. The zero-order chi connectivity index (χ0) is 14.8. The van der Waals surface area contributed by atoms with Gasteiger partial charge in [-0.1, -0.05) is 43.6 Å². The lowest BCUT2D eigenvalue weighted by Crippen LogP contribution is -2.64. The molecular formula is C16H25ClN2S. The van der Waals surface area contributed by atoms with Crippen molar-refractivity contribution in [1.29, 1.82) is 0 Å². The molecule has 0 spiro atoms. The molecule has 0 amide bonds. The highest BCUT2D eigenvalue weighted by molar-refractivity contribution is 7.99. The minimum atomic E-state index is 0.0368. The van der Waals surface area contributed by atoms with Gasteiger partial charge in [0, 0.05) is 29.4 Å². The Kier molecular flexibility index (Phi) is 5.06. The maximum absolute atomic E-state index is 6.30. The molecule has 0 aromatic heterocycles. The highest BCUT2D eigenvalue weighted by atomic mass is 35.5. The van der Waals surface area contributed by atoms with Crippen LogP contribution in [0.3, 0.4) is 0 Å². The molecule has 1 aliphatic heterocycles. The molecule has 20 heavy (non-hydrogen) atoms. The van der Waals surface area contributed by atoms with Crippen LogP contribution in [0.4, 0.5) is 0 Å². The summed E-state index contributed by atoms with van der Waals surface area (Å²) in [5, 5.41) is 0.841. The summed E-state index contributed by atoms with van der Waals surface area (Å²) in [6.45, 7) is 6.24. The first-order valence-electron chi connectivity index (χ1n) is 7.15. The summed E-state index contributed by atoms with van der Waals surface area (Å²) in [7, 11) is 2.18. The first-order valence-corrected chi connectivity index (χ1v) is 8.69. The Hall–Kier alpha value is -0.220. The van der Waals surface area contributed by atoms with Crippen LogP contribution in [0.15, 0.2) is 24.3 Å². The average Bonchev–Trinajstić information content (AvgIpc) is 2.41. The zero-order valence-corrected chi connectivity index (χ0v) is 14.2. The van der Waals surface area contributed by atoms with E-state index in [4.69, 9.17) is 17.3 Å². The quantitative estimate of drug-likeness (QED) is 0.920. The van der Waals surface area contributed by atoms with Crippen molar-refractivity contribution >= 4 is 23.4 Å². The van der Waals surface area contributed by atoms with Crippen molar-refractivity contribution < 1.29 is 0 Å². The molecule has 1 saturated heterocycles. The van der Waals surface area contributed by atoms with Gasteiger partial charge in [0.25, 0.3) is 0 Å². The molecule has 1 aromatic rings. The Morgan fingerprint density at radius 2 is 2.05 bits per heavy atom. The summed E-state index contributed by atoms with van der Waals surface area (Å²) >= 11 is 8.32. The third-order valence-electron chi connectivity index (χ3n) is 4.91. The van der Waals surface area contributed by atoms with Gasteiger partial charge in [-0.2, -0.15) is 11.8 Å². The van der Waals surface area contributed by atoms with Gasteiger partial charge < -0.3 is 5.73 Å². The molecule has 1 unspecified atom stereocenters. The highest BCUT2D eigenvalue weighted by Gasteiger charge is 2.48. The predicted octanol–water partition coefficient (Wildman–Crippen LogP) is 3.63. The van der Waals surface area contributed by atoms with Gasteiger partial charge in [0.05, 0.1) is 0 Å². The van der Waals surface area contributed by atoms with E-state index in [9.17, 15) is 0 Å². The smallest absolute Gasteiger partial charge is 0.0473 e. The summed E-state index contributed by atoms with van der Waals surface area (Å²) in [6.07, 6.45) is 1.21. The van der Waals surface area contributed by atoms with Crippen LogP contribution in [0.25, 0.3) is 0 Å². The van der Waals surface area contributed by atoms with E-state index in [-0.39, 0.29) is 11.0 Å². The van der Waals surface area contributed by atoms with Crippen LogP contribution >= 0.6 is 23.4 Å². The van der Waals surface area contributed by atoms with E-state index in [0.29, 0.717) is 6.54 Å². The first-order chi connectivity index (χ1) is 9.43. The topological polar surface area (TPSA) is 29.3 Å². The number of nitrogens with two attached hydrogens (primary N) is 1. The van der Waals surface area contributed by atoms with Crippen molar-refractivity contribution in [1.82, 2.24) is 4.90 Å². The van der Waals surface area contributed by atoms with Gasteiger partial charge in [-0.05, 0) is 36.3 Å². The molecule has 0 radical (unpaired) electrons. The molecule has 2 N–H and O–H groups in total. The molecule has 1 fully saturated rings. The average molecular weight is 313 g/mol. The van der Waals surface area contributed by atoms with Gasteiger partial charge in [0.15, 0.2) is 0 Å². The van der Waals surface area contributed by atoms with Crippen LogP contribution in [-0.2, 0) is 6.54 Å². The van der Waals surface area contributed by atoms with E-state index in [1.165, 1.54) is 17.7 Å². The minimum absolute atomic E-state index is 0.0368. The molecule has 4 heteroatoms. The molecule has 0 aliphatic carbocycles. The van der Waals surface area contributed by atoms with Gasteiger partial charge in [-0.25, -0.2) is 0 Å². The van der Waals surface area contributed by atoms with E-state index >= 15 is 0 Å². The number of thioether (sulfide) groups is 1. The van der Waals surface area contributed by atoms with Crippen molar-refractivity contribution in [2.45, 2.75) is 32.4 Å². The number of nitrogens with zero attached hydrogens (tertiary/aromatic N) is 1. The number of likely N-dealkylation sites (N-methyl/N-ethyl adjacent to an activating group) is 1. The number of rotatable bonds is 4. The number of halogens is 1. The first kappa shape index (κ1) is 16.2. The van der Waals surface area contributed by atoms with Gasteiger partial charge in [-0.15, -0.1) is 0 Å². The van der Waals surface area contributed by atoms with E-state index in [1.807, 2.05) is 30.0 Å². The van der Waals surface area contributed by atoms with Crippen molar-refractivity contribution in [2.75, 3.05) is 25.1 Å². The molecule has 0 bridgehead atoms. The Bertz CT molecular complexity index is 464. The second-order valence-corrected chi connectivity index (χ2v) is 7.88. The number of benzene rings is 1. The molecular weight excluding hydrogens is 288 g/mol. The molecule has 2 nitrogen and oxygen atoms in total. The lowest BCUT2D eigenvalue weighted by molar-refractivity contribution is 0.0148. The SMILES string of the molecule is CN(Cc1ccccc1Cl)C1(CN)CSCCC1(C)C. The van der Waals surface area contributed by atoms with Crippen molar-refractivity contribution in [2.24, 2.45) is 11.1 Å². The van der Waals surface area contributed by atoms with Gasteiger partial charge in [0.2, 0.25) is 0 Å². The number of hydrogen-bond donors (Lipinski definition) is 1. The number of hydrogen-bond acceptors (Lipinski definition) is 3. The molecule has 2 rings (SSSR count). The molecule has 1 atom stereocenters. The van der Waals surface area contributed by atoms with Gasteiger partial charge >= 0.3 is 0 Å². The summed E-state index contributed by atoms with van der Waals surface area (Å²) in [6, 6.07) is 8.09. The Morgan fingerprint density at radius 1 is 1.35 bits per heavy atom. The fraction of sp³-hybridized carbons (Fsp3) is 0.625. The maximum Gasteiger partial charge on any atom is 0.0473 e. The Labute approximate surface area is 132 Å². The monoisotopic (exact) mass is 312 g/mol. The van der Waals surface area contributed by atoms with Crippen LogP contribution < -0.4 is 5.73 Å². The van der Waals surface area contributed by atoms with Crippen molar-refractivity contribution in [3.63, 3.8) is 0 Å². The second-order valence-electron chi connectivity index (χ2n) is 6.37. The van der Waals surface area contributed by atoms with E-state index in [1.54, 1.807) is 0 Å². The summed E-state index contributed by atoms with van der Waals surface area (Å²) < 4.78 is 0. The standard InChI is InChI=1S/C16H25ClN2S/c1-15(2)8-9-20-12-16(15,11-18)19(3)10-13-6-4-5-7-14(13)17/h4-7H,8-12,18H2,1-3H3. The van der Waals surface area contributed by atoms with E-state index in [0.717, 1.165) is 17.3 Å². The molecule has 1 heterocycles. The van der Waals surface area contributed by atoms with Crippen molar-refractivity contribution in [3.8, 4) is 0 Å². The van der Waals surface area contributed by atoms with Gasteiger partial charge in [0.1, 0.15) is 0 Å². The lowest BCUT2D eigenvalue weighted by Gasteiger charge is -2.54. The van der Waals surface area contributed by atoms with Crippen molar-refractivity contribution in [3.05, 3.63) is 34.9 Å². The molecule has 1 aromatic carbocycles. The summed E-state index contributed by atoms with van der Waals surface area (Å²) in [4.78, 5) is 2.42. The van der Waals surface area contributed by atoms with Crippen LogP contribution in [0.2, 0.25) is 5.02 Å². The van der Waals surface area contributed by atoms with Crippen LogP contribution in [-0.4, -0.2) is 35.5 Å². The maximum atomic E-state index is 6.30. The second kappa shape index (κ2) is 6.27. The molecule has 0 saturated carbocycles. The van der Waals surface area contributed by atoms with Crippen LogP contribution in [0.1, 0.15) is 25.8 Å². The molecule has 1 aliphatic rings. The van der Waals surface area contributed by atoms with E-state index in [2.05, 4.69) is 31.9 Å². The van der Waals surface area contributed by atoms with Crippen LogP contribution in [0.5, 0.6) is 0 Å². The summed E-state index contributed by atoms with van der Waals surface area (Å²) in [5.74, 6) is 2.33. The van der Waals surface area contributed by atoms with Gasteiger partial charge in [-0.3, -0.25) is 4.90 Å². The zero-order valence-electron chi connectivity index (χ0n) is 12.7. The third-order valence-corrected chi connectivity index (χ3v) is 6.45. The largest absolute Gasteiger partial charge is 0.329 e.